The second kappa shape index (κ2) is 8.90. The van der Waals surface area contributed by atoms with E-state index in [-0.39, 0.29) is 9.92 Å². The van der Waals surface area contributed by atoms with Crippen LogP contribution in [-0.2, 0) is 5.60 Å². The van der Waals surface area contributed by atoms with Crippen LogP contribution in [0.2, 0.25) is 0 Å². The molecule has 0 saturated heterocycles. The number of hydrogen-bond donors (Lipinski definition) is 2. The summed E-state index contributed by atoms with van der Waals surface area (Å²) in [4.78, 5) is 16.1. The van der Waals surface area contributed by atoms with Gasteiger partial charge in [-0.2, -0.15) is 13.2 Å². The number of aliphatic hydroxyl groups excluding tert-OH is 1. The first-order valence-electron chi connectivity index (χ1n) is 9.49. The number of hydrogen-bond acceptors (Lipinski definition) is 7. The highest BCUT2D eigenvalue weighted by Crippen LogP contribution is 2.45. The molecule has 11 heteroatoms. The van der Waals surface area contributed by atoms with Gasteiger partial charge in [-0.05, 0) is 41.5 Å². The maximum atomic E-state index is 13.4. The molecular formula is C22H15F4NO4S2. The third-order valence-electron chi connectivity index (χ3n) is 4.91. The molecule has 172 valence electrons. The van der Waals surface area contributed by atoms with Gasteiger partial charge in [-0.25, -0.2) is 14.2 Å². The molecule has 0 spiro atoms. The lowest BCUT2D eigenvalue weighted by Crippen LogP contribution is -2.42. The summed E-state index contributed by atoms with van der Waals surface area (Å²) in [5.41, 5.74) is -2.39. The first-order chi connectivity index (χ1) is 15.6. The van der Waals surface area contributed by atoms with Crippen LogP contribution in [0, 0.1) is 5.82 Å². The summed E-state index contributed by atoms with van der Waals surface area (Å²) in [5, 5.41) is 19.7. The van der Waals surface area contributed by atoms with E-state index in [2.05, 4.69) is 4.98 Å². The molecule has 0 amide bonds. The number of alkyl halides is 3. The molecule has 0 aliphatic carbocycles. The Bertz CT molecular complexity index is 1350. The molecule has 2 N–H and O–H groups in total. The van der Waals surface area contributed by atoms with E-state index in [0.717, 1.165) is 18.0 Å². The average molecular weight is 497 g/mol. The first-order valence-corrected chi connectivity index (χ1v) is 11.1. The molecule has 0 radical (unpaired) electrons. The van der Waals surface area contributed by atoms with E-state index in [1.165, 1.54) is 30.3 Å². The molecule has 0 aliphatic heterocycles. The van der Waals surface area contributed by atoms with E-state index in [9.17, 15) is 27.5 Å². The third-order valence-corrected chi connectivity index (χ3v) is 7.12. The maximum absolute atomic E-state index is 13.4. The molecule has 0 fully saturated rings. The molecule has 2 aromatic carbocycles. The maximum Gasteiger partial charge on any atom is 0.422 e. The van der Waals surface area contributed by atoms with Gasteiger partial charge in [-0.15, -0.1) is 11.3 Å². The van der Waals surface area contributed by atoms with E-state index in [4.69, 9.17) is 9.52 Å². The van der Waals surface area contributed by atoms with Crippen molar-refractivity contribution in [2.75, 3.05) is 6.61 Å². The smallest absolute Gasteiger partial charge is 0.422 e. The minimum atomic E-state index is -4.98. The van der Waals surface area contributed by atoms with E-state index in [0.29, 0.717) is 32.7 Å². The Labute approximate surface area is 192 Å². The van der Waals surface area contributed by atoms with Crippen molar-refractivity contribution in [2.45, 2.75) is 27.4 Å². The molecule has 0 saturated carbocycles. The SMILES string of the molecule is O=c1cc(-c2ccc(F)cc2)c2ccc(Sc3ncc([C@@](O)(CCO)C(F)(F)F)s3)cc2o1. The standard InChI is InChI=1S/C22H15F4NO4S2/c23-13-3-1-12(2-4-13)16-10-19(29)31-17-9-14(5-6-15(16)17)32-20-27-11-18(33-20)21(30,7-8-28)22(24,25)26/h1-6,9-11,28,30H,7-8H2/t21-/m0/s1. The number of thiazole rings is 1. The van der Waals surface area contributed by atoms with Gasteiger partial charge in [-0.3, -0.25) is 0 Å². The Morgan fingerprint density at radius 2 is 1.82 bits per heavy atom. The molecule has 4 aromatic rings. The highest BCUT2D eigenvalue weighted by atomic mass is 32.2. The lowest BCUT2D eigenvalue weighted by molar-refractivity contribution is -0.269. The third kappa shape index (κ3) is 4.67. The number of fused-ring (bicyclic) bond motifs is 1. The first kappa shape index (κ1) is 23.4. The molecule has 0 unspecified atom stereocenters. The number of aromatic nitrogens is 1. The van der Waals surface area contributed by atoms with E-state index in [1.807, 2.05) is 0 Å². The fraction of sp³-hybridized carbons (Fsp3) is 0.182. The number of nitrogens with zero attached hydrogens (tertiary/aromatic N) is 1. The Morgan fingerprint density at radius 3 is 2.48 bits per heavy atom. The summed E-state index contributed by atoms with van der Waals surface area (Å²) >= 11 is 1.69. The van der Waals surface area contributed by atoms with Crippen LogP contribution >= 0.6 is 23.1 Å². The van der Waals surface area contributed by atoms with Crippen LogP contribution in [0.5, 0.6) is 0 Å². The Morgan fingerprint density at radius 1 is 1.09 bits per heavy atom. The van der Waals surface area contributed by atoms with Crippen molar-refractivity contribution in [1.82, 2.24) is 4.98 Å². The van der Waals surface area contributed by atoms with Gasteiger partial charge in [0, 0.05) is 35.6 Å². The van der Waals surface area contributed by atoms with Gasteiger partial charge in [0.15, 0.2) is 9.94 Å². The van der Waals surface area contributed by atoms with E-state index < -0.39 is 41.1 Å². The molecule has 2 aromatic heterocycles. The van der Waals surface area contributed by atoms with Gasteiger partial charge >= 0.3 is 11.8 Å². The van der Waals surface area contributed by atoms with Crippen LogP contribution < -0.4 is 5.63 Å². The quantitative estimate of drug-likeness (QED) is 0.276. The van der Waals surface area contributed by atoms with Gasteiger partial charge in [0.05, 0.1) is 4.88 Å². The van der Waals surface area contributed by atoms with Crippen LogP contribution in [0.1, 0.15) is 11.3 Å². The molecule has 0 aliphatic rings. The fourth-order valence-corrected chi connectivity index (χ4v) is 5.36. The monoisotopic (exact) mass is 497 g/mol. The molecule has 0 bridgehead atoms. The summed E-state index contributed by atoms with van der Waals surface area (Å²) in [6.07, 6.45) is -4.95. The van der Waals surface area contributed by atoms with Crippen molar-refractivity contribution in [3.8, 4) is 11.1 Å². The zero-order valence-corrected chi connectivity index (χ0v) is 18.2. The number of benzene rings is 2. The van der Waals surface area contributed by atoms with Gasteiger partial charge in [0.25, 0.3) is 0 Å². The van der Waals surface area contributed by atoms with Gasteiger partial charge in [0.2, 0.25) is 0 Å². The highest BCUT2D eigenvalue weighted by Gasteiger charge is 2.55. The van der Waals surface area contributed by atoms with Crippen LogP contribution in [-0.4, -0.2) is 28.0 Å². The molecule has 33 heavy (non-hydrogen) atoms. The Balaban J connectivity index is 1.67. The number of rotatable bonds is 6. The largest absolute Gasteiger partial charge is 0.423 e. The highest BCUT2D eigenvalue weighted by molar-refractivity contribution is 8.01. The minimum absolute atomic E-state index is 0.224. The lowest BCUT2D eigenvalue weighted by atomic mass is 9.98. The van der Waals surface area contributed by atoms with Crippen molar-refractivity contribution in [3.63, 3.8) is 0 Å². The van der Waals surface area contributed by atoms with Crippen LogP contribution in [0.4, 0.5) is 17.6 Å². The normalized spacial score (nSPS) is 13.9. The summed E-state index contributed by atoms with van der Waals surface area (Å²) in [6.45, 7) is -0.851. The van der Waals surface area contributed by atoms with Crippen molar-refractivity contribution >= 4 is 34.1 Å². The van der Waals surface area contributed by atoms with Crippen molar-refractivity contribution in [2.24, 2.45) is 0 Å². The predicted octanol–water partition coefficient (Wildman–Crippen LogP) is 5.34. The van der Waals surface area contributed by atoms with Gasteiger partial charge in [0.1, 0.15) is 11.4 Å². The van der Waals surface area contributed by atoms with Crippen molar-refractivity contribution in [3.05, 3.63) is 75.8 Å². The predicted molar refractivity (Wildman–Crippen MR) is 116 cm³/mol. The van der Waals surface area contributed by atoms with Gasteiger partial charge < -0.3 is 14.6 Å². The lowest BCUT2D eigenvalue weighted by Gasteiger charge is -2.28. The number of halogens is 4. The summed E-state index contributed by atoms with van der Waals surface area (Å²) in [7, 11) is 0. The van der Waals surface area contributed by atoms with Crippen LogP contribution in [0.15, 0.2) is 73.2 Å². The Kier molecular flexibility index (Phi) is 6.32. The Hall–Kier alpha value is -2.73. The molecule has 4 rings (SSSR count). The van der Waals surface area contributed by atoms with E-state index >= 15 is 0 Å². The average Bonchev–Trinajstić information content (AvgIpc) is 3.22. The number of aliphatic hydroxyl groups is 2. The van der Waals surface area contributed by atoms with Crippen LogP contribution in [0.25, 0.3) is 22.1 Å². The summed E-state index contributed by atoms with van der Waals surface area (Å²) < 4.78 is 58.9. The summed E-state index contributed by atoms with van der Waals surface area (Å²) in [5.74, 6) is -0.413. The van der Waals surface area contributed by atoms with Gasteiger partial charge in [-0.1, -0.05) is 23.9 Å². The van der Waals surface area contributed by atoms with Crippen molar-refractivity contribution < 1.29 is 32.2 Å². The molecular weight excluding hydrogens is 482 g/mol. The zero-order chi connectivity index (χ0) is 23.8. The summed E-state index contributed by atoms with van der Waals surface area (Å²) in [6, 6.07) is 11.9. The van der Waals surface area contributed by atoms with Crippen LogP contribution in [0.3, 0.4) is 0 Å². The fourth-order valence-electron chi connectivity index (χ4n) is 3.24. The zero-order valence-electron chi connectivity index (χ0n) is 16.6. The molecule has 2 heterocycles. The second-order valence-electron chi connectivity index (χ2n) is 7.07. The molecule has 5 nitrogen and oxygen atoms in total. The molecule has 1 atom stereocenters. The van der Waals surface area contributed by atoms with E-state index in [1.54, 1.807) is 18.2 Å². The second-order valence-corrected chi connectivity index (χ2v) is 9.42. The topological polar surface area (TPSA) is 83.6 Å². The van der Waals surface area contributed by atoms with Crippen molar-refractivity contribution in [1.29, 1.82) is 0 Å². The minimum Gasteiger partial charge on any atom is -0.423 e.